The molecule has 2 heteroatoms. The predicted molar refractivity (Wildman–Crippen MR) is 216 cm³/mol. The molecule has 2 nitrogen and oxygen atoms in total. The van der Waals surface area contributed by atoms with Crippen LogP contribution in [0.15, 0.2) is 12.4 Å². The summed E-state index contributed by atoms with van der Waals surface area (Å²) in [7, 11) is 0. The molecule has 0 spiro atoms. The van der Waals surface area contributed by atoms with Gasteiger partial charge in [0.2, 0.25) is 0 Å². The molecular formula is C46H91N2+. The highest BCUT2D eigenvalue weighted by Crippen LogP contribution is 2.17. The molecule has 0 aliphatic heterocycles. The summed E-state index contributed by atoms with van der Waals surface area (Å²) < 4.78 is 5.24. The first-order valence-electron chi connectivity index (χ1n) is 22.9. The molecule has 0 fully saturated rings. The summed E-state index contributed by atoms with van der Waals surface area (Å²) in [6.07, 6.45) is 59.4. The summed E-state index contributed by atoms with van der Waals surface area (Å²) >= 11 is 0. The van der Waals surface area contributed by atoms with E-state index in [-0.39, 0.29) is 0 Å². The lowest BCUT2D eigenvalue weighted by atomic mass is 10.0. The first kappa shape index (κ1) is 45.2. The van der Waals surface area contributed by atoms with Crippen LogP contribution in [0.1, 0.15) is 264 Å². The molecule has 0 bridgehead atoms. The summed E-state index contributed by atoms with van der Waals surface area (Å²) in [5, 5.41) is 0. The maximum atomic E-state index is 2.63. The van der Waals surface area contributed by atoms with Crippen LogP contribution >= 0.6 is 0 Å². The van der Waals surface area contributed by atoms with Gasteiger partial charge in [-0.25, -0.2) is 9.13 Å². The third kappa shape index (κ3) is 29.0. The molecule has 0 aliphatic rings. The second-order valence-corrected chi connectivity index (χ2v) is 15.9. The van der Waals surface area contributed by atoms with Crippen molar-refractivity contribution in [2.75, 3.05) is 0 Å². The molecule has 1 rings (SSSR count). The average Bonchev–Trinajstić information content (AvgIpc) is 3.48. The van der Waals surface area contributed by atoms with Gasteiger partial charge in [-0.1, -0.05) is 226 Å². The van der Waals surface area contributed by atoms with Gasteiger partial charge in [0.25, 0.3) is 5.82 Å². The summed E-state index contributed by atoms with van der Waals surface area (Å²) in [5.74, 6) is 1.61. The van der Waals surface area contributed by atoms with Gasteiger partial charge in [0.1, 0.15) is 12.4 Å². The first-order valence-corrected chi connectivity index (χ1v) is 22.9. The van der Waals surface area contributed by atoms with E-state index in [2.05, 4.69) is 42.3 Å². The zero-order valence-corrected chi connectivity index (χ0v) is 33.8. The quantitative estimate of drug-likeness (QED) is 0.0485. The van der Waals surface area contributed by atoms with E-state index < -0.39 is 0 Å². The van der Waals surface area contributed by atoms with Gasteiger partial charge in [0.05, 0.1) is 13.1 Å². The SMILES string of the molecule is CCCCCCCCCCCCCCCCCCCc1n(CCCCCCCCCCCCCCCCCCC)cc[n+]1CCCCC. The summed E-state index contributed by atoms with van der Waals surface area (Å²) in [5.41, 5.74) is 0. The summed E-state index contributed by atoms with van der Waals surface area (Å²) in [4.78, 5) is 0. The minimum absolute atomic E-state index is 1.22. The van der Waals surface area contributed by atoms with Crippen LogP contribution in [-0.2, 0) is 19.5 Å². The van der Waals surface area contributed by atoms with Crippen LogP contribution in [0.3, 0.4) is 0 Å². The Balaban J connectivity index is 2.06. The molecule has 0 saturated heterocycles. The van der Waals surface area contributed by atoms with Crippen molar-refractivity contribution in [2.45, 2.75) is 278 Å². The van der Waals surface area contributed by atoms with Gasteiger partial charge in [-0.3, -0.25) is 0 Å². The van der Waals surface area contributed by atoms with E-state index in [4.69, 9.17) is 0 Å². The van der Waals surface area contributed by atoms with Crippen molar-refractivity contribution in [3.63, 3.8) is 0 Å². The van der Waals surface area contributed by atoms with Crippen molar-refractivity contribution < 1.29 is 4.57 Å². The van der Waals surface area contributed by atoms with Gasteiger partial charge in [0.15, 0.2) is 0 Å². The molecule has 284 valence electrons. The molecule has 1 aromatic heterocycles. The third-order valence-electron chi connectivity index (χ3n) is 11.1. The maximum absolute atomic E-state index is 2.63. The molecule has 1 heterocycles. The van der Waals surface area contributed by atoms with Crippen LogP contribution in [0.2, 0.25) is 0 Å². The van der Waals surface area contributed by atoms with E-state index in [9.17, 15) is 0 Å². The zero-order valence-electron chi connectivity index (χ0n) is 33.8. The standard InChI is InChI=1S/C46H91N2/c1-4-7-10-12-14-16-18-20-22-24-26-28-30-32-34-36-38-41-46-47(42-39-9-6-3)44-45-48(46)43-40-37-35-33-31-29-27-25-23-21-19-17-15-13-11-8-5-2/h44-45H,4-43H2,1-3H3/q+1. The zero-order chi connectivity index (χ0) is 34.4. The van der Waals surface area contributed by atoms with Gasteiger partial charge in [0, 0.05) is 6.42 Å². The van der Waals surface area contributed by atoms with Gasteiger partial charge < -0.3 is 0 Å². The Kier molecular flexibility index (Phi) is 35.3. The summed E-state index contributed by atoms with van der Waals surface area (Å²) in [6, 6.07) is 0. The highest BCUT2D eigenvalue weighted by atomic mass is 15.1. The molecule has 0 unspecified atom stereocenters. The number of hydrogen-bond acceptors (Lipinski definition) is 0. The highest BCUT2D eigenvalue weighted by molar-refractivity contribution is 4.84. The normalized spacial score (nSPS) is 11.6. The molecule has 1 aromatic rings. The van der Waals surface area contributed by atoms with Crippen LogP contribution in [0.5, 0.6) is 0 Å². The van der Waals surface area contributed by atoms with Gasteiger partial charge in [-0.05, 0) is 32.1 Å². The Hall–Kier alpha value is -0.790. The molecule has 0 amide bonds. The monoisotopic (exact) mass is 672 g/mol. The van der Waals surface area contributed by atoms with E-state index in [1.807, 2.05) is 0 Å². The molecule has 0 aromatic carbocycles. The number of aryl methyl sites for hydroxylation is 2. The van der Waals surface area contributed by atoms with Gasteiger partial charge in [-0.2, -0.15) is 0 Å². The molecule has 0 N–H and O–H groups in total. The predicted octanol–water partition coefficient (Wildman–Crippen LogP) is 15.8. The van der Waals surface area contributed by atoms with Crippen LogP contribution < -0.4 is 4.57 Å². The highest BCUT2D eigenvalue weighted by Gasteiger charge is 2.16. The maximum Gasteiger partial charge on any atom is 0.256 e. The Bertz CT molecular complexity index is 736. The topological polar surface area (TPSA) is 8.81 Å². The largest absolute Gasteiger partial charge is 0.256 e. The van der Waals surface area contributed by atoms with E-state index >= 15 is 0 Å². The molecule has 0 saturated carbocycles. The minimum atomic E-state index is 1.22. The Labute approximate surface area is 304 Å². The van der Waals surface area contributed by atoms with Crippen molar-refractivity contribution in [1.82, 2.24) is 4.57 Å². The van der Waals surface area contributed by atoms with Crippen LogP contribution in [0, 0.1) is 0 Å². The number of imidazole rings is 1. The fourth-order valence-corrected chi connectivity index (χ4v) is 7.74. The van der Waals surface area contributed by atoms with Gasteiger partial charge >= 0.3 is 0 Å². The number of hydrogen-bond donors (Lipinski definition) is 0. The number of nitrogens with zero attached hydrogens (tertiary/aromatic N) is 2. The molecule has 0 atom stereocenters. The molecular weight excluding hydrogens is 581 g/mol. The second kappa shape index (κ2) is 37.5. The van der Waals surface area contributed by atoms with E-state index in [0.29, 0.717) is 0 Å². The van der Waals surface area contributed by atoms with Gasteiger partial charge in [-0.15, -0.1) is 0 Å². The lowest BCUT2D eigenvalue weighted by Crippen LogP contribution is -2.37. The van der Waals surface area contributed by atoms with Crippen molar-refractivity contribution in [3.8, 4) is 0 Å². The van der Waals surface area contributed by atoms with Crippen molar-refractivity contribution in [2.24, 2.45) is 0 Å². The number of rotatable bonds is 40. The van der Waals surface area contributed by atoms with E-state index in [1.165, 1.54) is 257 Å². The Morgan fingerprint density at radius 2 is 0.646 bits per heavy atom. The lowest BCUT2D eigenvalue weighted by molar-refractivity contribution is -0.704. The fourth-order valence-electron chi connectivity index (χ4n) is 7.74. The second-order valence-electron chi connectivity index (χ2n) is 15.9. The minimum Gasteiger partial charge on any atom is -0.234 e. The third-order valence-corrected chi connectivity index (χ3v) is 11.1. The molecule has 48 heavy (non-hydrogen) atoms. The Morgan fingerprint density at radius 1 is 0.354 bits per heavy atom. The number of unbranched alkanes of at least 4 members (excludes halogenated alkanes) is 34. The Morgan fingerprint density at radius 3 is 1.00 bits per heavy atom. The van der Waals surface area contributed by atoms with Crippen LogP contribution in [0.25, 0.3) is 0 Å². The van der Waals surface area contributed by atoms with E-state index in [0.717, 1.165) is 0 Å². The van der Waals surface area contributed by atoms with Crippen LogP contribution in [0.4, 0.5) is 0 Å². The van der Waals surface area contributed by atoms with Crippen molar-refractivity contribution >= 4 is 0 Å². The van der Waals surface area contributed by atoms with Crippen molar-refractivity contribution in [1.29, 1.82) is 0 Å². The lowest BCUT2D eigenvalue weighted by Gasteiger charge is -2.07. The fraction of sp³-hybridized carbons (Fsp3) is 0.935. The van der Waals surface area contributed by atoms with Crippen molar-refractivity contribution in [3.05, 3.63) is 18.2 Å². The smallest absolute Gasteiger partial charge is 0.234 e. The summed E-state index contributed by atoms with van der Waals surface area (Å²) in [6.45, 7) is 9.40. The average molecular weight is 672 g/mol. The molecule has 0 aliphatic carbocycles. The first-order chi connectivity index (χ1) is 23.8. The van der Waals surface area contributed by atoms with E-state index in [1.54, 1.807) is 5.82 Å². The molecule has 0 radical (unpaired) electrons. The number of aromatic nitrogens is 2. The van der Waals surface area contributed by atoms with Crippen LogP contribution in [-0.4, -0.2) is 4.57 Å².